The summed E-state index contributed by atoms with van der Waals surface area (Å²) in [7, 11) is 1.33. The molecule has 144 valence electrons. The molecule has 0 spiro atoms. The van der Waals surface area contributed by atoms with Gasteiger partial charge in [0.05, 0.1) is 36.8 Å². The highest BCUT2D eigenvalue weighted by Crippen LogP contribution is 2.36. The fourth-order valence-corrected chi connectivity index (χ4v) is 4.04. The first-order chi connectivity index (χ1) is 12.9. The zero-order chi connectivity index (χ0) is 19.6. The quantitative estimate of drug-likeness (QED) is 0.474. The van der Waals surface area contributed by atoms with Crippen LogP contribution >= 0.6 is 11.8 Å². The first kappa shape index (κ1) is 19.4. The standard InChI is InChI=1S/C20H23NO5S/c1-11-17(20(23)24-4)12(2)21-18(11)19(22)13(3)27-14-6-7-15-16(10-14)26-9-5-8-25-15/h6-7,10,13,21H,5,8-9H2,1-4H3/t13-/m0/s1. The molecule has 6 nitrogen and oxygen atoms in total. The number of ketones is 1. The molecule has 0 amide bonds. The van der Waals surface area contributed by atoms with Crippen molar-refractivity contribution in [3.05, 3.63) is 40.7 Å². The molecule has 2 heterocycles. The number of carbonyl (C=O) groups is 2. The smallest absolute Gasteiger partial charge is 0.339 e. The van der Waals surface area contributed by atoms with Gasteiger partial charge in [0.25, 0.3) is 0 Å². The molecular formula is C20H23NO5S. The van der Waals surface area contributed by atoms with Crippen molar-refractivity contribution < 1.29 is 23.8 Å². The number of fused-ring (bicyclic) bond motifs is 1. The fraction of sp³-hybridized carbons (Fsp3) is 0.400. The molecule has 1 aliphatic heterocycles. The summed E-state index contributed by atoms with van der Waals surface area (Å²) in [5.74, 6) is 0.929. The summed E-state index contributed by atoms with van der Waals surface area (Å²) in [6, 6.07) is 5.70. The molecule has 0 fully saturated rings. The summed E-state index contributed by atoms with van der Waals surface area (Å²) in [4.78, 5) is 28.8. The predicted octanol–water partition coefficient (Wildman–Crippen LogP) is 3.94. The lowest BCUT2D eigenvalue weighted by Crippen LogP contribution is -2.15. The molecule has 1 aliphatic rings. The molecule has 2 aromatic rings. The Kier molecular flexibility index (Phi) is 5.79. The van der Waals surface area contributed by atoms with Gasteiger partial charge in [-0.25, -0.2) is 4.79 Å². The van der Waals surface area contributed by atoms with E-state index in [4.69, 9.17) is 14.2 Å². The topological polar surface area (TPSA) is 77.6 Å². The van der Waals surface area contributed by atoms with Crippen molar-refractivity contribution in [3.63, 3.8) is 0 Å². The summed E-state index contributed by atoms with van der Waals surface area (Å²) in [5.41, 5.74) is 2.13. The number of nitrogens with one attached hydrogen (secondary N) is 1. The van der Waals surface area contributed by atoms with Crippen LogP contribution in [0.5, 0.6) is 11.5 Å². The number of Topliss-reactive ketones (excluding diaryl/α,β-unsaturated/α-hetero) is 1. The minimum Gasteiger partial charge on any atom is -0.490 e. The second kappa shape index (κ2) is 8.08. The molecule has 0 aliphatic carbocycles. The molecule has 3 rings (SSSR count). The van der Waals surface area contributed by atoms with Gasteiger partial charge in [0.2, 0.25) is 0 Å². The Morgan fingerprint density at radius 2 is 1.89 bits per heavy atom. The molecular weight excluding hydrogens is 366 g/mol. The van der Waals surface area contributed by atoms with Crippen LogP contribution in [0.25, 0.3) is 0 Å². The van der Waals surface area contributed by atoms with Gasteiger partial charge in [-0.05, 0) is 44.5 Å². The molecule has 1 aromatic carbocycles. The van der Waals surface area contributed by atoms with Crippen LogP contribution < -0.4 is 9.47 Å². The van der Waals surface area contributed by atoms with Crippen molar-refractivity contribution in [1.82, 2.24) is 4.98 Å². The minimum absolute atomic E-state index is 0.0668. The number of aromatic amines is 1. The second-order valence-electron chi connectivity index (χ2n) is 6.40. The van der Waals surface area contributed by atoms with Crippen molar-refractivity contribution in [2.45, 2.75) is 37.3 Å². The van der Waals surface area contributed by atoms with Crippen LogP contribution in [-0.2, 0) is 4.74 Å². The Hall–Kier alpha value is -2.41. The van der Waals surface area contributed by atoms with Crippen molar-refractivity contribution >= 4 is 23.5 Å². The van der Waals surface area contributed by atoms with Crippen molar-refractivity contribution in [1.29, 1.82) is 0 Å². The van der Waals surface area contributed by atoms with Crippen molar-refractivity contribution in [2.24, 2.45) is 0 Å². The van der Waals surface area contributed by atoms with Crippen LogP contribution in [0.1, 0.15) is 45.4 Å². The molecule has 1 aromatic heterocycles. The molecule has 0 saturated carbocycles. The minimum atomic E-state index is -0.441. The van der Waals surface area contributed by atoms with Gasteiger partial charge in [-0.3, -0.25) is 4.79 Å². The maximum Gasteiger partial charge on any atom is 0.339 e. The Morgan fingerprint density at radius 3 is 2.59 bits per heavy atom. The summed E-state index contributed by atoms with van der Waals surface area (Å²) in [6.45, 7) is 6.63. The first-order valence-electron chi connectivity index (χ1n) is 8.80. The fourth-order valence-electron chi connectivity index (χ4n) is 3.08. The number of rotatable bonds is 5. The highest BCUT2D eigenvalue weighted by atomic mass is 32.2. The van der Waals surface area contributed by atoms with Gasteiger partial charge in [0.1, 0.15) is 0 Å². The monoisotopic (exact) mass is 389 g/mol. The molecule has 0 bridgehead atoms. The summed E-state index contributed by atoms with van der Waals surface area (Å²) < 4.78 is 16.2. The van der Waals surface area contributed by atoms with Gasteiger partial charge < -0.3 is 19.2 Å². The number of hydrogen-bond acceptors (Lipinski definition) is 6. The third kappa shape index (κ3) is 3.98. The van der Waals surface area contributed by atoms with Gasteiger partial charge >= 0.3 is 5.97 Å². The van der Waals surface area contributed by atoms with E-state index in [0.29, 0.717) is 41.5 Å². The molecule has 1 atom stereocenters. The van der Waals surface area contributed by atoms with Gasteiger partial charge in [-0.1, -0.05) is 0 Å². The molecule has 0 saturated heterocycles. The van der Waals surface area contributed by atoms with Crippen molar-refractivity contribution in [3.8, 4) is 11.5 Å². The Balaban J connectivity index is 1.79. The summed E-state index contributed by atoms with van der Waals surface area (Å²) in [6.07, 6.45) is 0.847. The molecule has 0 unspecified atom stereocenters. The van der Waals surface area contributed by atoms with Crippen LogP contribution in [0.15, 0.2) is 23.1 Å². The van der Waals surface area contributed by atoms with Gasteiger partial charge in [0.15, 0.2) is 17.3 Å². The Bertz CT molecular complexity index is 873. The lowest BCUT2D eigenvalue weighted by atomic mass is 10.1. The van der Waals surface area contributed by atoms with Gasteiger partial charge in [0, 0.05) is 17.0 Å². The second-order valence-corrected chi connectivity index (χ2v) is 7.81. The van der Waals surface area contributed by atoms with Crippen LogP contribution in [0.4, 0.5) is 0 Å². The van der Waals surface area contributed by atoms with Crippen LogP contribution in [0.2, 0.25) is 0 Å². The van der Waals surface area contributed by atoms with Gasteiger partial charge in [-0.15, -0.1) is 11.8 Å². The molecule has 27 heavy (non-hydrogen) atoms. The number of hydrogen-bond donors (Lipinski definition) is 1. The summed E-state index contributed by atoms with van der Waals surface area (Å²) in [5, 5.41) is -0.336. The average Bonchev–Trinajstić information content (AvgIpc) is 2.82. The first-order valence-corrected chi connectivity index (χ1v) is 9.68. The third-order valence-electron chi connectivity index (χ3n) is 4.47. The normalized spacial score (nSPS) is 14.4. The SMILES string of the molecule is COC(=O)c1c(C)[nH]c(C(=O)[C@H](C)Sc2ccc3c(c2)OCCCO3)c1C. The number of benzene rings is 1. The number of aromatic nitrogens is 1. The van der Waals surface area contributed by atoms with Gasteiger partial charge in [-0.2, -0.15) is 0 Å². The van der Waals surface area contributed by atoms with E-state index in [9.17, 15) is 9.59 Å². The van der Waals surface area contributed by atoms with E-state index in [1.54, 1.807) is 13.8 Å². The zero-order valence-corrected chi connectivity index (χ0v) is 16.7. The van der Waals surface area contributed by atoms with E-state index in [2.05, 4.69) is 4.98 Å². The zero-order valence-electron chi connectivity index (χ0n) is 15.9. The molecule has 1 N–H and O–H groups in total. The highest BCUT2D eigenvalue weighted by molar-refractivity contribution is 8.00. The van der Waals surface area contributed by atoms with E-state index in [1.807, 2.05) is 25.1 Å². The summed E-state index contributed by atoms with van der Waals surface area (Å²) >= 11 is 1.44. The maximum atomic E-state index is 12.9. The highest BCUT2D eigenvalue weighted by Gasteiger charge is 2.26. The number of carbonyl (C=O) groups excluding carboxylic acids is 2. The number of ether oxygens (including phenoxy) is 3. The molecule has 7 heteroatoms. The van der Waals surface area contributed by atoms with Crippen LogP contribution in [-0.4, -0.2) is 42.3 Å². The number of methoxy groups -OCH3 is 1. The van der Waals surface area contributed by atoms with E-state index < -0.39 is 5.97 Å². The number of aryl methyl sites for hydroxylation is 1. The van der Waals surface area contributed by atoms with E-state index in [-0.39, 0.29) is 11.0 Å². The van der Waals surface area contributed by atoms with E-state index >= 15 is 0 Å². The predicted molar refractivity (Wildman–Crippen MR) is 103 cm³/mol. The van der Waals surface area contributed by atoms with E-state index in [0.717, 1.165) is 17.1 Å². The Labute approximate surface area is 162 Å². The van der Waals surface area contributed by atoms with Crippen LogP contribution in [0, 0.1) is 13.8 Å². The number of thioether (sulfide) groups is 1. The Morgan fingerprint density at radius 1 is 1.19 bits per heavy atom. The third-order valence-corrected chi connectivity index (χ3v) is 5.57. The molecule has 0 radical (unpaired) electrons. The van der Waals surface area contributed by atoms with E-state index in [1.165, 1.54) is 18.9 Å². The van der Waals surface area contributed by atoms with Crippen LogP contribution in [0.3, 0.4) is 0 Å². The maximum absolute atomic E-state index is 12.9. The largest absolute Gasteiger partial charge is 0.490 e. The average molecular weight is 389 g/mol. The lowest BCUT2D eigenvalue weighted by Gasteiger charge is -2.13. The van der Waals surface area contributed by atoms with Crippen molar-refractivity contribution in [2.75, 3.05) is 20.3 Å². The number of esters is 1. The lowest BCUT2D eigenvalue weighted by molar-refractivity contribution is 0.0599. The number of H-pyrrole nitrogens is 1.